The molecule has 0 aliphatic heterocycles. The lowest BCUT2D eigenvalue weighted by molar-refractivity contribution is -0.131. The lowest BCUT2D eigenvalue weighted by Crippen LogP contribution is -2.17. The molecule has 37 heavy (non-hydrogen) atoms. The van der Waals surface area contributed by atoms with Crippen molar-refractivity contribution in [3.63, 3.8) is 0 Å². The summed E-state index contributed by atoms with van der Waals surface area (Å²) in [6.45, 7) is 0. The number of nitrogens with one attached hydrogen (secondary N) is 1. The molecular weight excluding hydrogens is 491 g/mol. The highest BCUT2D eigenvalue weighted by atomic mass is 32.2. The van der Waals surface area contributed by atoms with Crippen LogP contribution in [0.15, 0.2) is 77.7 Å². The monoisotopic (exact) mass is 516 g/mol. The predicted octanol–water partition coefficient (Wildman–Crippen LogP) is 5.96. The lowest BCUT2D eigenvalue weighted by Gasteiger charge is -2.32. The molecule has 1 fully saturated rings. The summed E-state index contributed by atoms with van der Waals surface area (Å²) in [6.07, 6.45) is 6.66. The molecule has 188 valence electrons. The first kappa shape index (κ1) is 24.6. The molecular formula is C29H25FN2O4S. The van der Waals surface area contributed by atoms with Crippen molar-refractivity contribution in [2.45, 2.75) is 24.2 Å². The molecule has 1 heterocycles. The number of benzene rings is 3. The molecule has 3 aromatic carbocycles. The van der Waals surface area contributed by atoms with Gasteiger partial charge in [-0.2, -0.15) is 9.49 Å². The van der Waals surface area contributed by atoms with Crippen LogP contribution < -0.4 is 0 Å². The molecule has 0 spiro atoms. The van der Waals surface area contributed by atoms with Gasteiger partial charge in [0.25, 0.3) is 0 Å². The fraction of sp³-hybridized carbons (Fsp3) is 0.172. The maximum atomic E-state index is 14.5. The first-order chi connectivity index (χ1) is 17.7. The molecule has 8 heteroatoms. The number of allylic oxidation sites excluding steroid dienone is 1. The highest BCUT2D eigenvalue weighted by molar-refractivity contribution is 7.90. The van der Waals surface area contributed by atoms with Crippen molar-refractivity contribution in [1.82, 2.24) is 10.2 Å². The summed E-state index contributed by atoms with van der Waals surface area (Å²) in [5.41, 5.74) is 5.14. The van der Waals surface area contributed by atoms with Crippen LogP contribution in [0.1, 0.15) is 41.5 Å². The number of aromatic nitrogens is 2. The summed E-state index contributed by atoms with van der Waals surface area (Å²) in [7, 11) is -3.52. The van der Waals surface area contributed by atoms with Crippen LogP contribution in [0.3, 0.4) is 0 Å². The SMILES string of the molecule is CS(=O)(=O)c1ccccc1/C(=C(\c1ccc(/C=C/C(=O)O)cc1)c1ccc2n[nH]c(F)c2c1)C1CCC1. The number of aromatic amines is 1. The zero-order chi connectivity index (χ0) is 26.2. The number of carbonyl (C=O) groups is 1. The van der Waals surface area contributed by atoms with E-state index < -0.39 is 21.8 Å². The summed E-state index contributed by atoms with van der Waals surface area (Å²) >= 11 is 0. The van der Waals surface area contributed by atoms with Crippen LogP contribution in [0.2, 0.25) is 0 Å². The van der Waals surface area contributed by atoms with Gasteiger partial charge in [0.15, 0.2) is 9.84 Å². The van der Waals surface area contributed by atoms with Crippen molar-refractivity contribution in [2.24, 2.45) is 5.92 Å². The highest BCUT2D eigenvalue weighted by Crippen LogP contribution is 2.46. The van der Waals surface area contributed by atoms with Crippen molar-refractivity contribution in [1.29, 1.82) is 0 Å². The second-order valence-electron chi connectivity index (χ2n) is 9.25. The number of fused-ring (bicyclic) bond motifs is 1. The molecule has 6 nitrogen and oxygen atoms in total. The van der Waals surface area contributed by atoms with E-state index in [-0.39, 0.29) is 10.8 Å². The fourth-order valence-corrected chi connectivity index (χ4v) is 5.71. The number of nitrogens with zero attached hydrogens (tertiary/aromatic N) is 1. The number of H-pyrrole nitrogens is 1. The van der Waals surface area contributed by atoms with Crippen molar-refractivity contribution < 1.29 is 22.7 Å². The second kappa shape index (κ2) is 9.78. The smallest absolute Gasteiger partial charge is 0.328 e. The summed E-state index contributed by atoms with van der Waals surface area (Å²) in [5.74, 6) is -1.44. The summed E-state index contributed by atoms with van der Waals surface area (Å²) in [4.78, 5) is 11.2. The van der Waals surface area contributed by atoms with Crippen LogP contribution in [0.5, 0.6) is 0 Å². The van der Waals surface area contributed by atoms with E-state index in [2.05, 4.69) is 10.2 Å². The highest BCUT2D eigenvalue weighted by Gasteiger charge is 2.30. The van der Waals surface area contributed by atoms with Crippen LogP contribution >= 0.6 is 0 Å². The van der Waals surface area contributed by atoms with E-state index in [0.29, 0.717) is 22.0 Å². The van der Waals surface area contributed by atoms with E-state index in [4.69, 9.17) is 5.11 Å². The molecule has 0 unspecified atom stereocenters. The van der Waals surface area contributed by atoms with E-state index in [1.165, 1.54) is 12.3 Å². The van der Waals surface area contributed by atoms with Gasteiger partial charge in [0, 0.05) is 12.3 Å². The zero-order valence-corrected chi connectivity index (χ0v) is 20.9. The first-order valence-electron chi connectivity index (χ1n) is 11.9. The molecule has 1 aliphatic carbocycles. The van der Waals surface area contributed by atoms with Gasteiger partial charge in [0.05, 0.1) is 15.8 Å². The number of aliphatic carboxylic acids is 1. The van der Waals surface area contributed by atoms with Crippen molar-refractivity contribution >= 4 is 43.9 Å². The number of halogens is 1. The zero-order valence-electron chi connectivity index (χ0n) is 20.1. The Balaban J connectivity index is 1.81. The van der Waals surface area contributed by atoms with Crippen molar-refractivity contribution in [3.8, 4) is 0 Å². The Morgan fingerprint density at radius 3 is 2.41 bits per heavy atom. The minimum atomic E-state index is -3.52. The van der Waals surface area contributed by atoms with Gasteiger partial charge in [-0.3, -0.25) is 5.10 Å². The molecule has 0 saturated heterocycles. The molecule has 0 bridgehead atoms. The number of rotatable bonds is 7. The molecule has 1 aliphatic rings. The Kier molecular flexibility index (Phi) is 6.52. The first-order valence-corrected chi connectivity index (χ1v) is 13.8. The number of carboxylic acids is 1. The Labute approximate surface area is 214 Å². The Bertz CT molecular complexity index is 1660. The molecule has 0 atom stereocenters. The second-order valence-corrected chi connectivity index (χ2v) is 11.2. The van der Waals surface area contributed by atoms with Gasteiger partial charge in [-0.25, -0.2) is 13.2 Å². The van der Waals surface area contributed by atoms with Gasteiger partial charge < -0.3 is 5.11 Å². The van der Waals surface area contributed by atoms with Crippen LogP contribution in [-0.2, 0) is 14.6 Å². The molecule has 1 aromatic heterocycles. The van der Waals surface area contributed by atoms with Gasteiger partial charge in [-0.05, 0) is 76.4 Å². The van der Waals surface area contributed by atoms with Crippen LogP contribution in [0.4, 0.5) is 4.39 Å². The van der Waals surface area contributed by atoms with Crippen LogP contribution in [0.25, 0.3) is 28.1 Å². The standard InChI is InChI=1S/C29H25FN2O4S/c1-37(35,36)25-8-3-2-7-22(25)28(19-5-4-6-19)27(20-12-9-18(10-13-20)11-16-26(33)34)21-14-15-24-23(17-21)29(30)32-31-24/h2-3,7-17,19H,4-6H2,1H3,(H,31,32)(H,33,34)/b16-11+,28-27+. The van der Waals surface area contributed by atoms with Crippen LogP contribution in [-0.4, -0.2) is 35.9 Å². The largest absolute Gasteiger partial charge is 0.478 e. The van der Waals surface area contributed by atoms with Gasteiger partial charge >= 0.3 is 5.97 Å². The topological polar surface area (TPSA) is 100 Å². The summed E-state index contributed by atoms with van der Waals surface area (Å²) in [5, 5.41) is 15.7. The summed E-state index contributed by atoms with van der Waals surface area (Å²) in [6, 6.07) is 19.8. The Morgan fingerprint density at radius 2 is 1.76 bits per heavy atom. The number of sulfone groups is 1. The molecule has 4 aromatic rings. The third-order valence-electron chi connectivity index (χ3n) is 6.77. The number of carboxylic acid groups (broad SMARTS) is 1. The molecule has 0 amide bonds. The van der Waals surface area contributed by atoms with Crippen molar-refractivity contribution in [3.05, 3.63) is 101 Å². The normalized spacial score (nSPS) is 15.1. The van der Waals surface area contributed by atoms with Crippen molar-refractivity contribution in [2.75, 3.05) is 6.26 Å². The minimum Gasteiger partial charge on any atom is -0.478 e. The van der Waals surface area contributed by atoms with E-state index in [0.717, 1.165) is 47.6 Å². The number of hydrogen-bond donors (Lipinski definition) is 2. The summed E-state index contributed by atoms with van der Waals surface area (Å²) < 4.78 is 40.1. The Hall–Kier alpha value is -4.04. The van der Waals surface area contributed by atoms with E-state index in [1.54, 1.807) is 24.3 Å². The number of hydrogen-bond acceptors (Lipinski definition) is 4. The fourth-order valence-electron chi connectivity index (χ4n) is 4.81. The molecule has 5 rings (SSSR count). The maximum Gasteiger partial charge on any atom is 0.328 e. The Morgan fingerprint density at radius 1 is 1.05 bits per heavy atom. The third-order valence-corrected chi connectivity index (χ3v) is 7.93. The lowest BCUT2D eigenvalue weighted by atomic mass is 9.73. The van der Waals surface area contributed by atoms with Gasteiger partial charge in [0.1, 0.15) is 0 Å². The average molecular weight is 517 g/mol. The predicted molar refractivity (Wildman–Crippen MR) is 142 cm³/mol. The van der Waals surface area contributed by atoms with Gasteiger partial charge in [0.2, 0.25) is 5.95 Å². The van der Waals surface area contributed by atoms with Gasteiger partial charge in [-0.1, -0.05) is 55.0 Å². The third kappa shape index (κ3) is 4.97. The van der Waals surface area contributed by atoms with Crippen LogP contribution in [0, 0.1) is 11.9 Å². The van der Waals surface area contributed by atoms with E-state index in [9.17, 15) is 17.6 Å². The van der Waals surface area contributed by atoms with E-state index in [1.807, 2.05) is 42.5 Å². The minimum absolute atomic E-state index is 0.134. The quantitative estimate of drug-likeness (QED) is 0.233. The maximum absolute atomic E-state index is 14.5. The molecule has 2 N–H and O–H groups in total. The average Bonchev–Trinajstić information content (AvgIpc) is 3.21. The molecule has 1 saturated carbocycles. The van der Waals surface area contributed by atoms with E-state index >= 15 is 0 Å². The molecule has 0 radical (unpaired) electrons. The van der Waals surface area contributed by atoms with Gasteiger partial charge in [-0.15, -0.1) is 0 Å².